The zero-order valence-electron chi connectivity index (χ0n) is 10.1. The number of anilines is 1. The van der Waals surface area contributed by atoms with E-state index in [2.05, 4.69) is 17.7 Å². The van der Waals surface area contributed by atoms with E-state index in [9.17, 15) is 0 Å². The highest BCUT2D eigenvalue weighted by atomic mass is 15.1. The number of aromatic nitrogens is 2. The van der Waals surface area contributed by atoms with Crippen LogP contribution in [0.3, 0.4) is 0 Å². The molecule has 0 aliphatic carbocycles. The van der Waals surface area contributed by atoms with E-state index >= 15 is 0 Å². The van der Waals surface area contributed by atoms with E-state index < -0.39 is 0 Å². The number of nitrogens with zero attached hydrogens (tertiary/aromatic N) is 2. The smallest absolute Gasteiger partial charge is 0.109 e. The second-order valence-corrected chi connectivity index (χ2v) is 4.81. The summed E-state index contributed by atoms with van der Waals surface area (Å²) >= 11 is 0. The van der Waals surface area contributed by atoms with Crippen LogP contribution in [0.25, 0.3) is 11.3 Å². The third kappa shape index (κ3) is 1.82. The predicted octanol–water partition coefficient (Wildman–Crippen LogP) is 3.03. The Morgan fingerprint density at radius 2 is 2.06 bits per heavy atom. The van der Waals surface area contributed by atoms with Crippen LogP contribution in [0.4, 0.5) is 5.69 Å². The fourth-order valence-corrected chi connectivity index (χ4v) is 2.49. The number of hydrogen-bond donors (Lipinski definition) is 1. The minimum absolute atomic E-state index is 0.578. The fraction of sp³-hybridized carbons (Fsp3) is 0.357. The monoisotopic (exact) mass is 227 g/mol. The van der Waals surface area contributed by atoms with Crippen LogP contribution < -0.4 is 5.73 Å². The summed E-state index contributed by atoms with van der Waals surface area (Å²) < 4.78 is 2.31. The normalized spacial score (nSPS) is 19.0. The number of aryl methyl sites for hydroxylation is 1. The fourth-order valence-electron chi connectivity index (χ4n) is 2.49. The molecule has 0 spiro atoms. The van der Waals surface area contributed by atoms with E-state index in [0.717, 1.165) is 23.4 Å². The Morgan fingerprint density at radius 1 is 1.29 bits per heavy atom. The van der Waals surface area contributed by atoms with E-state index in [1.165, 1.54) is 18.7 Å². The molecule has 2 aromatic rings. The highest BCUT2D eigenvalue weighted by Gasteiger charge is 2.18. The first kappa shape index (κ1) is 10.4. The van der Waals surface area contributed by atoms with E-state index in [0.29, 0.717) is 6.04 Å². The predicted molar refractivity (Wildman–Crippen MR) is 69.7 cm³/mol. The van der Waals surface area contributed by atoms with Crippen molar-refractivity contribution in [1.29, 1.82) is 0 Å². The summed E-state index contributed by atoms with van der Waals surface area (Å²) in [5, 5.41) is 0. The first-order valence-electron chi connectivity index (χ1n) is 6.18. The summed E-state index contributed by atoms with van der Waals surface area (Å²) in [7, 11) is 0. The molecule has 0 saturated carbocycles. The van der Waals surface area contributed by atoms with Gasteiger partial charge in [-0.25, -0.2) is 4.98 Å². The molecule has 0 amide bonds. The Kier molecular flexibility index (Phi) is 2.39. The van der Waals surface area contributed by atoms with Crippen LogP contribution in [-0.4, -0.2) is 9.55 Å². The van der Waals surface area contributed by atoms with Gasteiger partial charge in [0.05, 0.1) is 5.69 Å². The molecule has 1 aliphatic rings. The molecule has 3 rings (SSSR count). The van der Waals surface area contributed by atoms with Gasteiger partial charge in [0.1, 0.15) is 5.82 Å². The molecule has 3 nitrogen and oxygen atoms in total. The van der Waals surface area contributed by atoms with Crippen LogP contribution in [-0.2, 0) is 6.42 Å². The van der Waals surface area contributed by atoms with Crippen molar-refractivity contribution >= 4 is 5.69 Å². The molecule has 1 aromatic heterocycles. The minimum atomic E-state index is 0.578. The lowest BCUT2D eigenvalue weighted by molar-refractivity contribution is 0.426. The van der Waals surface area contributed by atoms with Crippen LogP contribution in [0, 0.1) is 0 Å². The van der Waals surface area contributed by atoms with E-state index in [1.54, 1.807) is 0 Å². The summed E-state index contributed by atoms with van der Waals surface area (Å²) in [5.41, 5.74) is 8.71. The average molecular weight is 227 g/mol. The Labute approximate surface area is 101 Å². The summed E-state index contributed by atoms with van der Waals surface area (Å²) in [6.07, 6.45) is 5.77. The highest BCUT2D eigenvalue weighted by molar-refractivity contribution is 5.61. The van der Waals surface area contributed by atoms with Crippen LogP contribution in [0.1, 0.15) is 31.6 Å². The average Bonchev–Trinajstić information content (AvgIpc) is 2.75. The number of nitrogens with two attached hydrogens (primary N) is 1. The van der Waals surface area contributed by atoms with Gasteiger partial charge in [0.25, 0.3) is 0 Å². The molecule has 17 heavy (non-hydrogen) atoms. The van der Waals surface area contributed by atoms with Crippen LogP contribution in [0.5, 0.6) is 0 Å². The summed E-state index contributed by atoms with van der Waals surface area (Å²) in [4.78, 5) is 4.72. The van der Waals surface area contributed by atoms with Crippen LogP contribution in [0.15, 0.2) is 30.5 Å². The molecule has 1 aromatic carbocycles. The van der Waals surface area contributed by atoms with Gasteiger partial charge in [-0.1, -0.05) is 12.1 Å². The molecule has 0 radical (unpaired) electrons. The largest absolute Gasteiger partial charge is 0.399 e. The Hall–Kier alpha value is -1.77. The maximum absolute atomic E-state index is 5.70. The lowest BCUT2D eigenvalue weighted by Gasteiger charge is -2.20. The SMILES string of the molecule is C[C@H]1CCCc2nc(-c3ccc(N)cc3)cn21. The molecule has 1 atom stereocenters. The van der Waals surface area contributed by atoms with Crippen molar-refractivity contribution in [3.8, 4) is 11.3 Å². The van der Waals surface area contributed by atoms with Gasteiger partial charge in [0, 0.05) is 29.9 Å². The van der Waals surface area contributed by atoms with Crippen molar-refractivity contribution < 1.29 is 0 Å². The second-order valence-electron chi connectivity index (χ2n) is 4.81. The van der Waals surface area contributed by atoms with Gasteiger partial charge >= 0.3 is 0 Å². The maximum atomic E-state index is 5.70. The lowest BCUT2D eigenvalue weighted by Crippen LogP contribution is -2.14. The van der Waals surface area contributed by atoms with E-state index in [1.807, 2.05) is 24.3 Å². The summed E-state index contributed by atoms with van der Waals surface area (Å²) in [6.45, 7) is 2.26. The lowest BCUT2D eigenvalue weighted by atomic mass is 10.1. The number of nitrogen functional groups attached to an aromatic ring is 1. The first-order valence-corrected chi connectivity index (χ1v) is 6.18. The van der Waals surface area contributed by atoms with Crippen molar-refractivity contribution in [3.05, 3.63) is 36.3 Å². The van der Waals surface area contributed by atoms with Crippen molar-refractivity contribution in [3.63, 3.8) is 0 Å². The maximum Gasteiger partial charge on any atom is 0.109 e. The van der Waals surface area contributed by atoms with Crippen molar-refractivity contribution in [2.24, 2.45) is 0 Å². The molecule has 0 saturated heterocycles. The van der Waals surface area contributed by atoms with Crippen LogP contribution in [0.2, 0.25) is 0 Å². The topological polar surface area (TPSA) is 43.8 Å². The number of hydrogen-bond acceptors (Lipinski definition) is 2. The molecular weight excluding hydrogens is 210 g/mol. The molecule has 3 heteroatoms. The standard InChI is InChI=1S/C14H17N3/c1-10-3-2-4-14-16-13(9-17(10)14)11-5-7-12(15)8-6-11/h5-10H,2-4,15H2,1H3/t10-/m0/s1. The molecule has 0 fully saturated rings. The number of rotatable bonds is 1. The van der Waals surface area contributed by atoms with Crippen molar-refractivity contribution in [2.45, 2.75) is 32.2 Å². The summed E-state index contributed by atoms with van der Waals surface area (Å²) in [6, 6.07) is 8.51. The molecular formula is C14H17N3. The first-order chi connectivity index (χ1) is 8.24. The molecule has 0 bridgehead atoms. The number of fused-ring (bicyclic) bond motifs is 1. The molecule has 1 aliphatic heterocycles. The van der Waals surface area contributed by atoms with Gasteiger partial charge < -0.3 is 10.3 Å². The van der Waals surface area contributed by atoms with E-state index in [4.69, 9.17) is 10.7 Å². The zero-order valence-corrected chi connectivity index (χ0v) is 10.1. The van der Waals surface area contributed by atoms with Gasteiger partial charge in [0.15, 0.2) is 0 Å². The number of benzene rings is 1. The second kappa shape index (κ2) is 3.91. The minimum Gasteiger partial charge on any atom is -0.399 e. The van der Waals surface area contributed by atoms with Gasteiger partial charge in [0.2, 0.25) is 0 Å². The quantitative estimate of drug-likeness (QED) is 0.761. The van der Waals surface area contributed by atoms with Crippen molar-refractivity contribution in [2.75, 3.05) is 5.73 Å². The molecule has 2 heterocycles. The van der Waals surface area contributed by atoms with Gasteiger partial charge in [-0.2, -0.15) is 0 Å². The number of imidazole rings is 1. The van der Waals surface area contributed by atoms with Gasteiger partial charge in [-0.3, -0.25) is 0 Å². The Bertz CT molecular complexity index is 525. The van der Waals surface area contributed by atoms with E-state index in [-0.39, 0.29) is 0 Å². The molecule has 0 unspecified atom stereocenters. The van der Waals surface area contributed by atoms with Crippen LogP contribution >= 0.6 is 0 Å². The van der Waals surface area contributed by atoms with Gasteiger partial charge in [-0.15, -0.1) is 0 Å². The third-order valence-electron chi connectivity index (χ3n) is 3.51. The molecule has 2 N–H and O–H groups in total. The summed E-state index contributed by atoms with van der Waals surface area (Å²) in [5.74, 6) is 1.22. The Balaban J connectivity index is 2.02. The third-order valence-corrected chi connectivity index (χ3v) is 3.51. The van der Waals surface area contributed by atoms with Gasteiger partial charge in [-0.05, 0) is 31.9 Å². The van der Waals surface area contributed by atoms with Crippen molar-refractivity contribution in [1.82, 2.24) is 9.55 Å². The molecule has 88 valence electrons. The Morgan fingerprint density at radius 3 is 2.76 bits per heavy atom. The highest BCUT2D eigenvalue weighted by Crippen LogP contribution is 2.28. The zero-order chi connectivity index (χ0) is 11.8.